The molecule has 0 atom stereocenters. The number of amidine groups is 1. The smallest absolute Gasteiger partial charge is 0.272 e. The predicted octanol–water partition coefficient (Wildman–Crippen LogP) is 1.62. The van der Waals surface area contributed by atoms with E-state index in [0.29, 0.717) is 11.3 Å². The monoisotopic (exact) mass is 230 g/mol. The maximum Gasteiger partial charge on any atom is 0.272 e. The third-order valence-corrected chi connectivity index (χ3v) is 1.80. The second-order valence-electron chi connectivity index (χ2n) is 3.01. The van der Waals surface area contributed by atoms with Gasteiger partial charge < -0.3 is 15.2 Å². The Balaban J connectivity index is 2.90. The highest BCUT2D eigenvalue weighted by molar-refractivity contribution is 5.95. The first-order chi connectivity index (χ1) is 7.52. The highest BCUT2D eigenvalue weighted by Crippen LogP contribution is 2.22. The standard InChI is InChI=1S/C10H12F2N2O2/c1-15-7-2-6(10(13)14)3-8(4-7)16-5-9(11)12/h2-4,9H,5H2,1H3,(H3,13,14). The Morgan fingerprint density at radius 3 is 2.50 bits per heavy atom. The zero-order valence-corrected chi connectivity index (χ0v) is 8.67. The van der Waals surface area contributed by atoms with Gasteiger partial charge in [0.1, 0.15) is 23.9 Å². The van der Waals surface area contributed by atoms with Crippen LogP contribution in [-0.4, -0.2) is 26.0 Å². The second-order valence-corrected chi connectivity index (χ2v) is 3.01. The molecule has 4 nitrogen and oxygen atoms in total. The summed E-state index contributed by atoms with van der Waals surface area (Å²) in [4.78, 5) is 0. The Morgan fingerprint density at radius 2 is 2.00 bits per heavy atom. The number of benzene rings is 1. The van der Waals surface area contributed by atoms with Crippen LogP contribution in [0.2, 0.25) is 0 Å². The first-order valence-electron chi connectivity index (χ1n) is 4.47. The summed E-state index contributed by atoms with van der Waals surface area (Å²) in [5.41, 5.74) is 5.65. The topological polar surface area (TPSA) is 68.3 Å². The van der Waals surface area contributed by atoms with Gasteiger partial charge in [0.25, 0.3) is 6.43 Å². The van der Waals surface area contributed by atoms with Crippen molar-refractivity contribution < 1.29 is 18.3 Å². The molecule has 88 valence electrons. The summed E-state index contributed by atoms with van der Waals surface area (Å²) in [6, 6.07) is 4.39. The third-order valence-electron chi connectivity index (χ3n) is 1.80. The summed E-state index contributed by atoms with van der Waals surface area (Å²) in [6.45, 7) is -0.704. The van der Waals surface area contributed by atoms with Crippen LogP contribution in [0.1, 0.15) is 5.56 Å². The number of alkyl halides is 2. The van der Waals surface area contributed by atoms with Crippen molar-refractivity contribution in [3.63, 3.8) is 0 Å². The van der Waals surface area contributed by atoms with Crippen LogP contribution in [0.25, 0.3) is 0 Å². The fourth-order valence-corrected chi connectivity index (χ4v) is 1.09. The summed E-state index contributed by atoms with van der Waals surface area (Å²) >= 11 is 0. The average Bonchev–Trinajstić information content (AvgIpc) is 2.25. The Labute approximate surface area is 91.5 Å². The maximum atomic E-state index is 11.9. The first kappa shape index (κ1) is 12.2. The van der Waals surface area contributed by atoms with Crippen LogP contribution in [0.15, 0.2) is 18.2 Å². The van der Waals surface area contributed by atoms with Crippen LogP contribution in [0, 0.1) is 5.41 Å². The number of rotatable bonds is 5. The lowest BCUT2D eigenvalue weighted by molar-refractivity contribution is 0.0818. The molecule has 0 aromatic heterocycles. The van der Waals surface area contributed by atoms with E-state index in [4.69, 9.17) is 20.6 Å². The average molecular weight is 230 g/mol. The Bertz CT molecular complexity index is 383. The van der Waals surface area contributed by atoms with E-state index in [1.54, 1.807) is 0 Å². The van der Waals surface area contributed by atoms with Gasteiger partial charge in [-0.15, -0.1) is 0 Å². The van der Waals surface area contributed by atoms with E-state index >= 15 is 0 Å². The van der Waals surface area contributed by atoms with Crippen LogP contribution in [0.3, 0.4) is 0 Å². The number of nitrogens with one attached hydrogen (secondary N) is 1. The highest BCUT2D eigenvalue weighted by Gasteiger charge is 2.07. The van der Waals surface area contributed by atoms with Crippen molar-refractivity contribution in [1.82, 2.24) is 0 Å². The number of methoxy groups -OCH3 is 1. The van der Waals surface area contributed by atoms with Gasteiger partial charge in [0.15, 0.2) is 0 Å². The zero-order valence-electron chi connectivity index (χ0n) is 8.67. The minimum Gasteiger partial charge on any atom is -0.497 e. The first-order valence-corrected chi connectivity index (χ1v) is 4.47. The van der Waals surface area contributed by atoms with Crippen LogP contribution in [0.4, 0.5) is 8.78 Å². The van der Waals surface area contributed by atoms with E-state index in [-0.39, 0.29) is 11.6 Å². The van der Waals surface area contributed by atoms with Gasteiger partial charge >= 0.3 is 0 Å². The fourth-order valence-electron chi connectivity index (χ4n) is 1.09. The van der Waals surface area contributed by atoms with Crippen molar-refractivity contribution in [3.05, 3.63) is 23.8 Å². The van der Waals surface area contributed by atoms with E-state index in [1.165, 1.54) is 25.3 Å². The van der Waals surface area contributed by atoms with Gasteiger partial charge in [-0.3, -0.25) is 5.41 Å². The van der Waals surface area contributed by atoms with Gasteiger partial charge in [0, 0.05) is 11.6 Å². The minimum atomic E-state index is -2.55. The molecule has 0 aliphatic rings. The highest BCUT2D eigenvalue weighted by atomic mass is 19.3. The fraction of sp³-hybridized carbons (Fsp3) is 0.300. The quantitative estimate of drug-likeness (QED) is 0.596. The molecule has 0 aliphatic carbocycles. The Hall–Kier alpha value is -1.85. The molecule has 0 aliphatic heterocycles. The lowest BCUT2D eigenvalue weighted by Gasteiger charge is -2.09. The van der Waals surface area contributed by atoms with E-state index in [1.807, 2.05) is 0 Å². The number of nitrogens with two attached hydrogens (primary N) is 1. The molecule has 0 spiro atoms. The molecular formula is C10H12F2N2O2. The van der Waals surface area contributed by atoms with E-state index in [9.17, 15) is 8.78 Å². The molecule has 0 amide bonds. The van der Waals surface area contributed by atoms with Crippen molar-refractivity contribution in [2.24, 2.45) is 5.73 Å². The van der Waals surface area contributed by atoms with Gasteiger partial charge in [-0.2, -0.15) is 0 Å². The largest absolute Gasteiger partial charge is 0.497 e. The molecule has 0 radical (unpaired) electrons. The normalized spacial score (nSPS) is 10.2. The zero-order chi connectivity index (χ0) is 12.1. The molecule has 1 aromatic rings. The number of ether oxygens (including phenoxy) is 2. The summed E-state index contributed by atoms with van der Waals surface area (Å²) in [6.07, 6.45) is -2.55. The number of halogens is 2. The molecule has 3 N–H and O–H groups in total. The SMILES string of the molecule is COc1cc(OCC(F)F)cc(C(=N)N)c1. The predicted molar refractivity (Wildman–Crippen MR) is 55.5 cm³/mol. The Morgan fingerprint density at radius 1 is 1.38 bits per heavy atom. The molecular weight excluding hydrogens is 218 g/mol. The van der Waals surface area contributed by atoms with E-state index in [0.717, 1.165) is 0 Å². The third kappa shape index (κ3) is 3.38. The molecule has 0 fully saturated rings. The number of hydrogen-bond donors (Lipinski definition) is 2. The van der Waals surface area contributed by atoms with Crippen molar-refractivity contribution in [2.45, 2.75) is 6.43 Å². The lowest BCUT2D eigenvalue weighted by atomic mass is 10.2. The van der Waals surface area contributed by atoms with E-state index < -0.39 is 13.0 Å². The van der Waals surface area contributed by atoms with Crippen LogP contribution < -0.4 is 15.2 Å². The number of nitrogen functional groups attached to an aromatic ring is 1. The molecule has 0 heterocycles. The van der Waals surface area contributed by atoms with Crippen molar-refractivity contribution in [1.29, 1.82) is 5.41 Å². The summed E-state index contributed by atoms with van der Waals surface area (Å²) in [7, 11) is 1.43. The molecule has 0 saturated heterocycles. The molecule has 1 aromatic carbocycles. The second kappa shape index (κ2) is 5.29. The summed E-state index contributed by atoms with van der Waals surface area (Å²) < 4.78 is 33.6. The van der Waals surface area contributed by atoms with Crippen molar-refractivity contribution in [2.75, 3.05) is 13.7 Å². The van der Waals surface area contributed by atoms with Gasteiger partial charge in [0.05, 0.1) is 7.11 Å². The number of hydrogen-bond acceptors (Lipinski definition) is 3. The molecule has 6 heteroatoms. The van der Waals surface area contributed by atoms with E-state index in [2.05, 4.69) is 0 Å². The molecule has 0 bridgehead atoms. The van der Waals surface area contributed by atoms with Crippen LogP contribution in [-0.2, 0) is 0 Å². The molecule has 0 unspecified atom stereocenters. The molecule has 16 heavy (non-hydrogen) atoms. The Kier molecular flexibility index (Phi) is 4.04. The van der Waals surface area contributed by atoms with Crippen LogP contribution >= 0.6 is 0 Å². The summed E-state index contributed by atoms with van der Waals surface area (Å²) in [5, 5.41) is 7.24. The van der Waals surface area contributed by atoms with Gasteiger partial charge in [-0.25, -0.2) is 8.78 Å². The summed E-state index contributed by atoms with van der Waals surface area (Å²) in [5.74, 6) is 0.419. The van der Waals surface area contributed by atoms with Crippen molar-refractivity contribution in [3.8, 4) is 11.5 Å². The lowest BCUT2D eigenvalue weighted by Crippen LogP contribution is -2.12. The minimum absolute atomic E-state index is 0.180. The van der Waals surface area contributed by atoms with Crippen molar-refractivity contribution >= 4 is 5.84 Å². The van der Waals surface area contributed by atoms with Gasteiger partial charge in [0.2, 0.25) is 0 Å². The maximum absolute atomic E-state index is 11.9. The molecule has 0 saturated carbocycles. The van der Waals surface area contributed by atoms with Gasteiger partial charge in [-0.1, -0.05) is 0 Å². The van der Waals surface area contributed by atoms with Gasteiger partial charge in [-0.05, 0) is 12.1 Å². The van der Waals surface area contributed by atoms with Crippen LogP contribution in [0.5, 0.6) is 11.5 Å². The molecule has 1 rings (SSSR count).